The van der Waals surface area contributed by atoms with Gasteiger partial charge in [0.25, 0.3) is 5.56 Å². The molecule has 0 bridgehead atoms. The Morgan fingerprint density at radius 3 is 2.52 bits per heavy atom. The number of pyridine rings is 1. The van der Waals surface area contributed by atoms with Gasteiger partial charge in [-0.15, -0.1) is 0 Å². The maximum absolute atomic E-state index is 12.6. The van der Waals surface area contributed by atoms with Gasteiger partial charge in [-0.25, -0.2) is 0 Å². The molecule has 10 heteroatoms. The largest absolute Gasteiger partial charge is 0.523 e. The van der Waals surface area contributed by atoms with Gasteiger partial charge in [0, 0.05) is 18.2 Å². The minimum atomic E-state index is -5.79. The number of alkyl halides is 3. The van der Waals surface area contributed by atoms with Crippen LogP contribution in [0.2, 0.25) is 0 Å². The number of hydrogen-bond donors (Lipinski definition) is 0. The number of nitrogens with zero attached hydrogens (tertiary/aromatic N) is 1. The Labute approximate surface area is 130 Å². The first-order valence-corrected chi connectivity index (χ1v) is 8.31. The van der Waals surface area contributed by atoms with Gasteiger partial charge in [-0.05, 0) is 12.5 Å². The first kappa shape index (κ1) is 18.0. The fourth-order valence-electron chi connectivity index (χ4n) is 2.53. The molecule has 0 N–H and O–H groups in total. The van der Waals surface area contributed by atoms with E-state index in [4.69, 9.17) is 4.74 Å². The highest BCUT2D eigenvalue weighted by Gasteiger charge is 2.53. The van der Waals surface area contributed by atoms with Gasteiger partial charge in [-0.2, -0.15) is 21.6 Å². The van der Waals surface area contributed by atoms with Gasteiger partial charge in [0.1, 0.15) is 6.10 Å². The van der Waals surface area contributed by atoms with Crippen molar-refractivity contribution in [3.63, 3.8) is 0 Å². The molecule has 0 amide bonds. The Balaban J connectivity index is 2.41. The van der Waals surface area contributed by atoms with Gasteiger partial charge in [-0.1, -0.05) is 19.9 Å². The molecule has 2 heterocycles. The minimum absolute atomic E-state index is 0.436. The summed E-state index contributed by atoms with van der Waals surface area (Å²) in [5.41, 5.74) is -6.07. The highest BCUT2D eigenvalue weighted by atomic mass is 32.2. The van der Waals surface area contributed by atoms with E-state index in [1.165, 1.54) is 31.3 Å². The molecular weight excluding hydrogens is 339 g/mol. The van der Waals surface area contributed by atoms with Gasteiger partial charge in [-0.3, -0.25) is 13.5 Å². The van der Waals surface area contributed by atoms with Crippen LogP contribution in [0.1, 0.15) is 26.5 Å². The second-order valence-corrected chi connectivity index (χ2v) is 6.80. The Kier molecular flexibility index (Phi) is 4.88. The lowest BCUT2D eigenvalue weighted by molar-refractivity contribution is -0.0683. The molecule has 1 aliphatic heterocycles. The first-order valence-electron chi connectivity index (χ1n) is 6.90. The van der Waals surface area contributed by atoms with E-state index in [9.17, 15) is 26.4 Å². The van der Waals surface area contributed by atoms with Crippen molar-refractivity contribution >= 4 is 10.1 Å². The van der Waals surface area contributed by atoms with Gasteiger partial charge in [0.2, 0.25) is 0 Å². The summed E-state index contributed by atoms with van der Waals surface area (Å²) in [6.45, 7) is 3.27. The van der Waals surface area contributed by atoms with Gasteiger partial charge in [0.05, 0.1) is 6.10 Å². The van der Waals surface area contributed by atoms with Crippen LogP contribution in [0.15, 0.2) is 29.2 Å². The third-order valence-electron chi connectivity index (χ3n) is 3.75. The summed E-state index contributed by atoms with van der Waals surface area (Å²) in [5, 5.41) is 0. The Morgan fingerprint density at radius 1 is 1.35 bits per heavy atom. The minimum Gasteiger partial charge on any atom is -0.351 e. The lowest BCUT2D eigenvalue weighted by atomic mass is 9.99. The number of ether oxygens (including phenoxy) is 1. The molecule has 0 radical (unpaired) electrons. The standard InChI is InChI=1S/C13H16F3NO5S/c1-3-9-8(2)11(22-23(19,20)13(14,15)16)12(21-9)17-7-5-4-6-10(17)18/h4-9,11-12H,3H2,1-2H3/t8-,9-,11-,12-/m1/s1. The van der Waals surface area contributed by atoms with E-state index in [1.807, 2.05) is 0 Å². The molecule has 6 nitrogen and oxygen atoms in total. The first-order chi connectivity index (χ1) is 10.6. The quantitative estimate of drug-likeness (QED) is 0.610. The van der Waals surface area contributed by atoms with Crippen molar-refractivity contribution in [2.45, 2.75) is 44.2 Å². The molecular formula is C13H16F3NO5S. The average Bonchev–Trinajstić information content (AvgIpc) is 2.75. The van der Waals surface area contributed by atoms with E-state index in [0.717, 1.165) is 4.57 Å². The van der Waals surface area contributed by atoms with E-state index >= 15 is 0 Å². The number of hydrogen-bond acceptors (Lipinski definition) is 5. The van der Waals surface area contributed by atoms with Gasteiger partial charge in [0.15, 0.2) is 6.23 Å². The van der Waals surface area contributed by atoms with Crippen LogP contribution in [-0.2, 0) is 19.0 Å². The van der Waals surface area contributed by atoms with Crippen molar-refractivity contribution in [1.82, 2.24) is 4.57 Å². The van der Waals surface area contributed by atoms with Crippen LogP contribution in [0.4, 0.5) is 13.2 Å². The highest BCUT2D eigenvalue weighted by molar-refractivity contribution is 7.87. The Morgan fingerprint density at radius 2 is 2.00 bits per heavy atom. The molecule has 23 heavy (non-hydrogen) atoms. The summed E-state index contributed by atoms with van der Waals surface area (Å²) in [6, 6.07) is 4.14. The van der Waals surface area contributed by atoms with Crippen LogP contribution in [0.5, 0.6) is 0 Å². The lowest BCUT2D eigenvalue weighted by Crippen LogP contribution is -2.38. The normalized spacial score (nSPS) is 28.9. The van der Waals surface area contributed by atoms with E-state index in [1.54, 1.807) is 6.92 Å². The summed E-state index contributed by atoms with van der Waals surface area (Å²) in [4.78, 5) is 11.9. The summed E-state index contributed by atoms with van der Waals surface area (Å²) in [6.07, 6.45) is -1.48. The van der Waals surface area contributed by atoms with Crippen molar-refractivity contribution in [1.29, 1.82) is 0 Å². The second kappa shape index (κ2) is 6.25. The van der Waals surface area contributed by atoms with E-state index in [-0.39, 0.29) is 0 Å². The number of aromatic nitrogens is 1. The molecule has 0 aromatic carbocycles. The van der Waals surface area contributed by atoms with Crippen molar-refractivity contribution in [3.8, 4) is 0 Å². The molecule has 1 aromatic rings. The van der Waals surface area contributed by atoms with Crippen LogP contribution < -0.4 is 5.56 Å². The molecule has 0 saturated carbocycles. The zero-order chi connectivity index (χ0) is 17.4. The summed E-state index contributed by atoms with van der Waals surface area (Å²) >= 11 is 0. The predicted octanol–water partition coefficient (Wildman–Crippen LogP) is 2.03. The zero-order valence-electron chi connectivity index (χ0n) is 12.4. The molecule has 0 aliphatic carbocycles. The lowest BCUT2D eigenvalue weighted by Gasteiger charge is -2.23. The third-order valence-corrected chi connectivity index (χ3v) is 4.79. The fourth-order valence-corrected chi connectivity index (χ4v) is 3.20. The predicted molar refractivity (Wildman–Crippen MR) is 73.9 cm³/mol. The van der Waals surface area contributed by atoms with E-state index < -0.39 is 45.5 Å². The Hall–Kier alpha value is -1.39. The van der Waals surface area contributed by atoms with Crippen LogP contribution in [0, 0.1) is 5.92 Å². The molecule has 1 aromatic heterocycles. The van der Waals surface area contributed by atoms with Gasteiger partial charge < -0.3 is 4.74 Å². The summed E-state index contributed by atoms with van der Waals surface area (Å²) in [7, 11) is -5.79. The van der Waals surface area contributed by atoms with Crippen molar-refractivity contribution in [3.05, 3.63) is 34.7 Å². The smallest absolute Gasteiger partial charge is 0.351 e. The second-order valence-electron chi connectivity index (χ2n) is 5.24. The van der Waals surface area contributed by atoms with Crippen molar-refractivity contribution in [2.24, 2.45) is 5.92 Å². The molecule has 1 fully saturated rings. The van der Waals surface area contributed by atoms with Crippen LogP contribution >= 0.6 is 0 Å². The summed E-state index contributed by atoms with van der Waals surface area (Å²) < 4.78 is 71.4. The maximum Gasteiger partial charge on any atom is 0.523 e. The molecule has 1 saturated heterocycles. The molecule has 1 aliphatic rings. The van der Waals surface area contributed by atoms with Crippen LogP contribution in [-0.4, -0.2) is 30.7 Å². The third kappa shape index (κ3) is 3.43. The molecule has 2 rings (SSSR count). The van der Waals surface area contributed by atoms with Crippen molar-refractivity contribution < 1.29 is 30.5 Å². The number of rotatable bonds is 4. The van der Waals surface area contributed by atoms with Crippen molar-refractivity contribution in [2.75, 3.05) is 0 Å². The topological polar surface area (TPSA) is 74.6 Å². The Bertz CT molecular complexity index is 715. The maximum atomic E-state index is 12.6. The zero-order valence-corrected chi connectivity index (χ0v) is 13.2. The molecule has 4 atom stereocenters. The SMILES string of the molecule is CC[C@H]1O[C@@H](n2ccccc2=O)[C@H](OS(=O)(=O)C(F)(F)F)[C@@H]1C. The monoisotopic (exact) mass is 355 g/mol. The molecule has 0 unspecified atom stereocenters. The number of halogens is 3. The van der Waals surface area contributed by atoms with Crippen LogP contribution in [0.25, 0.3) is 0 Å². The van der Waals surface area contributed by atoms with Crippen LogP contribution in [0.3, 0.4) is 0 Å². The van der Waals surface area contributed by atoms with E-state index in [2.05, 4.69) is 4.18 Å². The summed E-state index contributed by atoms with van der Waals surface area (Å²) in [5.74, 6) is -0.644. The van der Waals surface area contributed by atoms with Gasteiger partial charge >= 0.3 is 15.6 Å². The average molecular weight is 355 g/mol. The molecule has 130 valence electrons. The molecule has 0 spiro atoms. The highest BCUT2D eigenvalue weighted by Crippen LogP contribution is 2.39. The van der Waals surface area contributed by atoms with E-state index in [0.29, 0.717) is 6.42 Å². The fraction of sp³-hybridized carbons (Fsp3) is 0.615.